The first-order valence-corrected chi connectivity index (χ1v) is 14.3. The Morgan fingerprint density at radius 2 is 1.61 bits per heavy atom. The van der Waals surface area contributed by atoms with Gasteiger partial charge in [-0.2, -0.15) is 0 Å². The van der Waals surface area contributed by atoms with Gasteiger partial charge in [-0.15, -0.1) is 0 Å². The third-order valence-electron chi connectivity index (χ3n) is 5.63. The number of hydrogen-bond donors (Lipinski definition) is 0. The summed E-state index contributed by atoms with van der Waals surface area (Å²) in [7, 11) is -6.68. The SMILES string of the molecule is CCC(c1cc(-c2cccc(-c3cncc(S(C)(=O)=O)c3)c2)c2ncccc2c1)S(C)(=O)=O. The molecular formula is C25H24N2O4S2. The molecule has 6 nitrogen and oxygen atoms in total. The Balaban J connectivity index is 1.92. The molecule has 0 aliphatic rings. The fraction of sp³-hybridized carbons (Fsp3) is 0.200. The zero-order chi connectivity index (χ0) is 23.8. The van der Waals surface area contributed by atoms with Crippen LogP contribution in [0.1, 0.15) is 24.2 Å². The highest BCUT2D eigenvalue weighted by atomic mass is 32.2. The fourth-order valence-corrected chi connectivity index (χ4v) is 5.88. The molecule has 170 valence electrons. The summed E-state index contributed by atoms with van der Waals surface area (Å²) in [4.78, 5) is 8.80. The molecule has 2 heterocycles. The molecule has 0 spiro atoms. The van der Waals surface area contributed by atoms with Gasteiger partial charge in [-0.1, -0.05) is 31.2 Å². The van der Waals surface area contributed by atoms with Crippen LogP contribution in [0.25, 0.3) is 33.2 Å². The van der Waals surface area contributed by atoms with Gasteiger partial charge in [-0.25, -0.2) is 16.8 Å². The standard InChI is InChI=1S/C25H24N2O4S2/c1-4-24(33(3,30)31)20-12-19-9-6-10-27-25(19)23(14-20)18-8-5-7-17(11-18)21-13-22(16-26-15-21)32(2,28)29/h5-16,24H,4H2,1-3H3. The average molecular weight is 481 g/mol. The van der Waals surface area contributed by atoms with Gasteiger partial charge < -0.3 is 0 Å². The highest BCUT2D eigenvalue weighted by molar-refractivity contribution is 7.91. The van der Waals surface area contributed by atoms with Gasteiger partial charge in [0.25, 0.3) is 0 Å². The van der Waals surface area contributed by atoms with E-state index in [4.69, 9.17) is 0 Å². The van der Waals surface area contributed by atoms with Crippen molar-refractivity contribution in [3.05, 3.63) is 78.8 Å². The number of fused-ring (bicyclic) bond motifs is 1. The summed E-state index contributed by atoms with van der Waals surface area (Å²) in [5.41, 5.74) is 4.64. The third-order valence-corrected chi connectivity index (χ3v) is 8.35. The number of hydrogen-bond acceptors (Lipinski definition) is 6. The fourth-order valence-electron chi connectivity index (χ4n) is 4.05. The molecule has 4 rings (SSSR count). The number of benzene rings is 2. The summed E-state index contributed by atoms with van der Waals surface area (Å²) in [6.07, 6.45) is 7.55. The summed E-state index contributed by atoms with van der Waals surface area (Å²) < 4.78 is 48.8. The third kappa shape index (κ3) is 4.82. The van der Waals surface area contributed by atoms with Crippen molar-refractivity contribution in [1.29, 1.82) is 0 Å². The van der Waals surface area contributed by atoms with E-state index in [1.165, 1.54) is 12.5 Å². The van der Waals surface area contributed by atoms with Crippen molar-refractivity contribution in [2.24, 2.45) is 0 Å². The Hall–Kier alpha value is -3.10. The van der Waals surface area contributed by atoms with Gasteiger partial charge in [0.2, 0.25) is 0 Å². The van der Waals surface area contributed by atoms with E-state index >= 15 is 0 Å². The maximum atomic E-state index is 12.4. The van der Waals surface area contributed by atoms with E-state index in [0.717, 1.165) is 39.4 Å². The lowest BCUT2D eigenvalue weighted by Crippen LogP contribution is -2.10. The molecule has 1 unspecified atom stereocenters. The molecule has 0 aliphatic carbocycles. The number of nitrogens with zero attached hydrogens (tertiary/aromatic N) is 2. The van der Waals surface area contributed by atoms with Crippen LogP contribution in [0.3, 0.4) is 0 Å². The summed E-state index contributed by atoms with van der Waals surface area (Å²) in [6, 6.07) is 16.8. The normalized spacial score (nSPS) is 13.2. The molecule has 0 bridgehead atoms. The first-order valence-electron chi connectivity index (χ1n) is 10.4. The lowest BCUT2D eigenvalue weighted by Gasteiger charge is -2.17. The molecule has 0 saturated heterocycles. The van der Waals surface area contributed by atoms with Crippen LogP contribution in [0.2, 0.25) is 0 Å². The topological polar surface area (TPSA) is 94.1 Å². The molecule has 0 N–H and O–H groups in total. The second kappa shape index (κ2) is 8.68. The summed E-state index contributed by atoms with van der Waals surface area (Å²) in [6.45, 7) is 1.86. The Kier molecular flexibility index (Phi) is 6.07. The molecule has 0 saturated carbocycles. The number of rotatable bonds is 6. The van der Waals surface area contributed by atoms with E-state index in [1.807, 2.05) is 55.5 Å². The molecular weight excluding hydrogens is 456 g/mol. The van der Waals surface area contributed by atoms with Gasteiger partial charge in [-0.3, -0.25) is 9.97 Å². The second-order valence-electron chi connectivity index (χ2n) is 8.13. The van der Waals surface area contributed by atoms with Gasteiger partial charge in [-0.05, 0) is 53.4 Å². The van der Waals surface area contributed by atoms with Gasteiger partial charge in [0.15, 0.2) is 19.7 Å². The van der Waals surface area contributed by atoms with Crippen LogP contribution in [0.15, 0.2) is 78.1 Å². The zero-order valence-electron chi connectivity index (χ0n) is 18.6. The van der Waals surface area contributed by atoms with Crippen molar-refractivity contribution in [3.63, 3.8) is 0 Å². The molecule has 1 atom stereocenters. The quantitative estimate of drug-likeness (QED) is 0.391. The second-order valence-corrected chi connectivity index (χ2v) is 12.4. The van der Waals surface area contributed by atoms with Crippen molar-refractivity contribution < 1.29 is 16.8 Å². The smallest absolute Gasteiger partial charge is 0.177 e. The Morgan fingerprint density at radius 3 is 2.30 bits per heavy atom. The number of aromatic nitrogens is 2. The van der Waals surface area contributed by atoms with Crippen LogP contribution >= 0.6 is 0 Å². The van der Waals surface area contributed by atoms with Crippen LogP contribution in [0.4, 0.5) is 0 Å². The minimum absolute atomic E-state index is 0.151. The van der Waals surface area contributed by atoms with Gasteiger partial charge in [0.1, 0.15) is 0 Å². The van der Waals surface area contributed by atoms with Crippen molar-refractivity contribution >= 4 is 30.6 Å². The maximum absolute atomic E-state index is 12.4. The van der Waals surface area contributed by atoms with E-state index in [-0.39, 0.29) is 4.90 Å². The highest BCUT2D eigenvalue weighted by Crippen LogP contribution is 2.36. The highest BCUT2D eigenvalue weighted by Gasteiger charge is 2.23. The molecule has 0 radical (unpaired) electrons. The minimum Gasteiger partial charge on any atom is -0.263 e. The van der Waals surface area contributed by atoms with Crippen molar-refractivity contribution in [2.75, 3.05) is 12.5 Å². The summed E-state index contributed by atoms with van der Waals surface area (Å²) >= 11 is 0. The van der Waals surface area contributed by atoms with Gasteiger partial charge in [0, 0.05) is 47.6 Å². The Bertz CT molecular complexity index is 1560. The summed E-state index contributed by atoms with van der Waals surface area (Å²) in [5.74, 6) is 0. The largest absolute Gasteiger partial charge is 0.263 e. The van der Waals surface area contributed by atoms with Crippen molar-refractivity contribution in [1.82, 2.24) is 9.97 Å². The molecule has 2 aromatic carbocycles. The van der Waals surface area contributed by atoms with Crippen LogP contribution in [-0.4, -0.2) is 39.3 Å². The van der Waals surface area contributed by atoms with Gasteiger partial charge >= 0.3 is 0 Å². The lowest BCUT2D eigenvalue weighted by atomic mass is 9.95. The average Bonchev–Trinajstić information content (AvgIpc) is 2.78. The molecule has 2 aromatic heterocycles. The lowest BCUT2D eigenvalue weighted by molar-refractivity contribution is 0.585. The monoisotopic (exact) mass is 480 g/mol. The summed E-state index contributed by atoms with van der Waals surface area (Å²) in [5, 5.41) is 0.248. The zero-order valence-corrected chi connectivity index (χ0v) is 20.2. The van der Waals surface area contributed by atoms with Crippen LogP contribution in [0.5, 0.6) is 0 Å². The molecule has 4 aromatic rings. The van der Waals surface area contributed by atoms with Crippen LogP contribution in [-0.2, 0) is 19.7 Å². The Morgan fingerprint density at radius 1 is 0.848 bits per heavy atom. The first kappa shape index (κ1) is 23.1. The van der Waals surface area contributed by atoms with Crippen molar-refractivity contribution in [2.45, 2.75) is 23.5 Å². The predicted octanol–water partition coefficient (Wildman–Crippen LogP) is 4.86. The van der Waals surface area contributed by atoms with Crippen molar-refractivity contribution in [3.8, 4) is 22.3 Å². The Labute approximate surface area is 194 Å². The molecule has 33 heavy (non-hydrogen) atoms. The van der Waals surface area contributed by atoms with E-state index < -0.39 is 24.9 Å². The van der Waals surface area contributed by atoms with Crippen LogP contribution < -0.4 is 0 Å². The van der Waals surface area contributed by atoms with E-state index in [9.17, 15) is 16.8 Å². The van der Waals surface area contributed by atoms with Gasteiger partial charge in [0.05, 0.1) is 15.7 Å². The molecule has 0 fully saturated rings. The van der Waals surface area contributed by atoms with E-state index in [0.29, 0.717) is 12.0 Å². The minimum atomic E-state index is -3.39. The van der Waals surface area contributed by atoms with E-state index in [1.54, 1.807) is 18.5 Å². The van der Waals surface area contributed by atoms with E-state index in [2.05, 4.69) is 9.97 Å². The molecule has 8 heteroatoms. The molecule has 0 amide bonds. The number of sulfone groups is 2. The van der Waals surface area contributed by atoms with Crippen LogP contribution in [0, 0.1) is 0 Å². The predicted molar refractivity (Wildman–Crippen MR) is 131 cm³/mol. The maximum Gasteiger partial charge on any atom is 0.177 e. The first-order chi connectivity index (χ1) is 15.6. The number of pyridine rings is 2. The molecule has 0 aliphatic heterocycles.